The van der Waals surface area contributed by atoms with E-state index >= 15 is 0 Å². The summed E-state index contributed by atoms with van der Waals surface area (Å²) in [5.41, 5.74) is 0.637. The molecule has 16 heavy (non-hydrogen) atoms. The molecule has 1 aromatic carbocycles. The van der Waals surface area contributed by atoms with Gasteiger partial charge in [-0.2, -0.15) is 5.26 Å². The van der Waals surface area contributed by atoms with Gasteiger partial charge in [-0.05, 0) is 23.7 Å². The van der Waals surface area contributed by atoms with Gasteiger partial charge in [0.25, 0.3) is 0 Å². The Morgan fingerprint density at radius 2 is 2.00 bits per heavy atom. The van der Waals surface area contributed by atoms with E-state index in [1.165, 1.54) is 0 Å². The van der Waals surface area contributed by atoms with Crippen LogP contribution in [0.4, 0.5) is 14.5 Å². The van der Waals surface area contributed by atoms with Crippen molar-refractivity contribution in [1.82, 2.24) is 5.32 Å². The van der Waals surface area contributed by atoms with E-state index in [-0.39, 0.29) is 40.4 Å². The van der Waals surface area contributed by atoms with Gasteiger partial charge in [0.2, 0.25) is 0 Å². The van der Waals surface area contributed by atoms with Gasteiger partial charge in [-0.3, -0.25) is 4.99 Å². The first kappa shape index (κ1) is 15.3. The smallest absolute Gasteiger partial charge is 0.742 e. The number of benzene rings is 1. The minimum Gasteiger partial charge on any atom is -0.742 e. The Balaban J connectivity index is 0.00000225. The molecule has 0 aliphatic rings. The van der Waals surface area contributed by atoms with Crippen LogP contribution in [-0.2, 0) is 12.6 Å². The Morgan fingerprint density at radius 1 is 1.44 bits per heavy atom. The van der Waals surface area contributed by atoms with Crippen molar-refractivity contribution in [3.63, 3.8) is 0 Å². The molecular weight excluding hydrogens is 243 g/mol. The van der Waals surface area contributed by atoms with Crippen molar-refractivity contribution in [3.05, 3.63) is 29.3 Å². The maximum atomic E-state index is 12.8. The monoisotopic (exact) mass is 249 g/mol. The van der Waals surface area contributed by atoms with Crippen molar-refractivity contribution >= 4 is 23.5 Å². The number of hydrogen-bond acceptors (Lipinski definition) is 3. The molecule has 0 aromatic heterocycles. The van der Waals surface area contributed by atoms with Gasteiger partial charge in [-0.25, -0.2) is 8.78 Å². The van der Waals surface area contributed by atoms with Crippen LogP contribution < -0.4 is 34.9 Å². The quantitative estimate of drug-likeness (QED) is 0.171. The predicted octanol–water partition coefficient (Wildman–Crippen LogP) is -1.12. The average Bonchev–Trinajstić information content (AvgIpc) is 2.14. The maximum absolute atomic E-state index is 12.8. The minimum absolute atomic E-state index is 0. The topological polar surface area (TPSA) is 48.2 Å². The van der Waals surface area contributed by atoms with E-state index in [9.17, 15) is 8.78 Å². The Labute approximate surface area is 119 Å². The maximum Gasteiger partial charge on any atom is 1.00 e. The van der Waals surface area contributed by atoms with Crippen LogP contribution in [-0.4, -0.2) is 5.17 Å². The van der Waals surface area contributed by atoms with Crippen LogP contribution in [0.2, 0.25) is 0 Å². The molecule has 7 heteroatoms. The van der Waals surface area contributed by atoms with Gasteiger partial charge in [0.05, 0.1) is 5.69 Å². The molecule has 0 saturated carbocycles. The van der Waals surface area contributed by atoms with E-state index in [1.807, 2.05) is 0 Å². The zero-order chi connectivity index (χ0) is 11.4. The van der Waals surface area contributed by atoms with Crippen molar-refractivity contribution in [1.29, 1.82) is 5.26 Å². The average molecular weight is 249 g/mol. The summed E-state index contributed by atoms with van der Waals surface area (Å²) >= 11 is 4.65. The molecule has 0 unspecified atom stereocenters. The number of aryl methyl sites for hydroxylation is 1. The number of nitriles is 1. The van der Waals surface area contributed by atoms with Crippen molar-refractivity contribution in [2.24, 2.45) is 4.99 Å². The Hall–Kier alpha value is -0.740. The second-order valence-electron chi connectivity index (χ2n) is 2.71. The van der Waals surface area contributed by atoms with Crippen LogP contribution in [0, 0.1) is 30.0 Å². The summed E-state index contributed by atoms with van der Waals surface area (Å²) in [6.07, 6.45) is 1.58. The van der Waals surface area contributed by atoms with Gasteiger partial charge in [-0.15, -0.1) is 0 Å². The number of aliphatic imine (C=N–C) groups is 1. The summed E-state index contributed by atoms with van der Waals surface area (Å²) in [6.45, 7) is 1.57. The molecule has 0 fully saturated rings. The fourth-order valence-corrected chi connectivity index (χ4v) is 1.09. The van der Waals surface area contributed by atoms with Gasteiger partial charge in [0, 0.05) is 6.07 Å². The first-order valence-electron chi connectivity index (χ1n) is 3.91. The van der Waals surface area contributed by atoms with Crippen LogP contribution >= 0.6 is 0 Å². The summed E-state index contributed by atoms with van der Waals surface area (Å²) in [7, 11) is 0. The zero-order valence-electron chi connectivity index (χ0n) is 8.71. The normalized spacial score (nSPS) is 10.2. The molecule has 78 valence electrons. The summed E-state index contributed by atoms with van der Waals surface area (Å²) < 4.78 is 25.6. The molecule has 1 N–H and O–H groups in total. The number of rotatable bonds is 1. The third-order valence-corrected chi connectivity index (χ3v) is 1.82. The number of hydrogen-bond donors (Lipinski definition) is 1. The zero-order valence-corrected chi connectivity index (χ0v) is 11.5. The summed E-state index contributed by atoms with van der Waals surface area (Å²) in [5.74, 6) is -1.94. The predicted molar refractivity (Wildman–Crippen MR) is 54.3 cm³/mol. The van der Waals surface area contributed by atoms with Crippen LogP contribution in [0.5, 0.6) is 0 Å². The van der Waals surface area contributed by atoms with Gasteiger partial charge < -0.3 is 17.9 Å². The van der Waals surface area contributed by atoms with Crippen LogP contribution in [0.1, 0.15) is 5.56 Å². The molecular formula is C9H6F2N3NaS. The number of amidine groups is 1. The first-order valence-corrected chi connectivity index (χ1v) is 4.32. The van der Waals surface area contributed by atoms with Crippen LogP contribution in [0.25, 0.3) is 0 Å². The molecule has 0 heterocycles. The van der Waals surface area contributed by atoms with Crippen LogP contribution in [0.3, 0.4) is 0 Å². The van der Waals surface area contributed by atoms with E-state index < -0.39 is 11.6 Å². The standard InChI is InChI=1S/C9H7F2N3S.Na/c1-5-2-6(10)7(11)3-8(5)14-9(15)13-4-12;/h2-3H,1H3,(H2,13,14,15);/q;+1/p-1. The number of nitrogens with zero attached hydrogens (tertiary/aromatic N) is 2. The van der Waals surface area contributed by atoms with Crippen LogP contribution in [0.15, 0.2) is 17.1 Å². The summed E-state index contributed by atoms with van der Waals surface area (Å²) in [5, 5.41) is 10.3. The Kier molecular flexibility index (Phi) is 6.45. The molecule has 0 radical (unpaired) electrons. The van der Waals surface area contributed by atoms with E-state index in [4.69, 9.17) is 5.26 Å². The minimum atomic E-state index is -1.00. The molecule has 0 saturated heterocycles. The molecule has 1 aromatic rings. The first-order chi connectivity index (χ1) is 7.04. The Morgan fingerprint density at radius 3 is 2.56 bits per heavy atom. The number of halogens is 2. The van der Waals surface area contributed by atoms with Crippen molar-refractivity contribution < 1.29 is 38.3 Å². The SMILES string of the molecule is Cc1cc(F)c(F)cc1N=C([S-])NC#N.[Na+]. The fourth-order valence-electron chi connectivity index (χ4n) is 0.941. The van der Waals surface area contributed by atoms with Crippen molar-refractivity contribution in [2.75, 3.05) is 0 Å². The van der Waals surface area contributed by atoms with Crippen molar-refractivity contribution in [2.45, 2.75) is 6.92 Å². The van der Waals surface area contributed by atoms with E-state index in [1.54, 1.807) is 13.1 Å². The molecule has 3 nitrogen and oxygen atoms in total. The van der Waals surface area contributed by atoms with Crippen molar-refractivity contribution in [3.8, 4) is 6.19 Å². The molecule has 0 bridgehead atoms. The molecule has 0 aliphatic heterocycles. The van der Waals surface area contributed by atoms with E-state index in [0.29, 0.717) is 5.56 Å². The molecule has 0 amide bonds. The van der Waals surface area contributed by atoms with Gasteiger partial charge in [0.15, 0.2) is 17.8 Å². The third-order valence-electron chi connectivity index (χ3n) is 1.62. The largest absolute Gasteiger partial charge is 1.00 e. The van der Waals surface area contributed by atoms with Gasteiger partial charge in [-0.1, -0.05) is 0 Å². The second kappa shape index (κ2) is 6.76. The van der Waals surface area contributed by atoms with E-state index in [2.05, 4.69) is 22.9 Å². The Bertz CT molecular complexity index is 457. The third kappa shape index (κ3) is 4.02. The van der Waals surface area contributed by atoms with E-state index in [0.717, 1.165) is 12.1 Å². The summed E-state index contributed by atoms with van der Waals surface area (Å²) in [6, 6.07) is 1.94. The molecule has 0 atom stereocenters. The van der Waals surface area contributed by atoms with Gasteiger partial charge in [0.1, 0.15) is 0 Å². The fraction of sp³-hybridized carbons (Fsp3) is 0.111. The second-order valence-corrected chi connectivity index (χ2v) is 3.09. The van der Waals surface area contributed by atoms with Gasteiger partial charge >= 0.3 is 29.6 Å². The molecule has 0 spiro atoms. The molecule has 1 rings (SSSR count). The number of nitrogens with one attached hydrogen (secondary N) is 1. The summed E-state index contributed by atoms with van der Waals surface area (Å²) in [4.78, 5) is 3.74. The molecule has 0 aliphatic carbocycles.